The number of allylic oxidation sites excluding steroid dienone is 1. The van der Waals surface area contributed by atoms with Gasteiger partial charge in [-0.15, -0.1) is 0 Å². The predicted octanol–water partition coefficient (Wildman–Crippen LogP) is 3.06. The van der Waals surface area contributed by atoms with E-state index >= 15 is 0 Å². The molecule has 0 amide bonds. The maximum absolute atomic E-state index is 12.9. The fourth-order valence-electron chi connectivity index (χ4n) is 3.02. The molecule has 0 spiro atoms. The smallest absolute Gasteiger partial charge is 0.338 e. The van der Waals surface area contributed by atoms with Gasteiger partial charge in [0.05, 0.1) is 41.4 Å². The number of esters is 2. The van der Waals surface area contributed by atoms with Crippen LogP contribution >= 0.6 is 0 Å². The molecule has 1 aliphatic rings. The second kappa shape index (κ2) is 9.01. The number of carbonyl (C=O) groups excluding carboxylic acids is 2. The van der Waals surface area contributed by atoms with E-state index in [0.717, 1.165) is 7.11 Å². The summed E-state index contributed by atoms with van der Waals surface area (Å²) in [5, 5.41) is 14.3. The van der Waals surface area contributed by atoms with Crippen molar-refractivity contribution in [2.24, 2.45) is 5.92 Å². The lowest BCUT2D eigenvalue weighted by Gasteiger charge is -2.28. The number of nitrogens with zero attached hydrogens (tertiary/aromatic N) is 2. The van der Waals surface area contributed by atoms with E-state index in [1.165, 1.54) is 18.2 Å². The average Bonchev–Trinajstić information content (AvgIpc) is 2.70. The number of dihydropyridines is 1. The Balaban J connectivity index is 2.76. The van der Waals surface area contributed by atoms with Crippen LogP contribution in [-0.4, -0.2) is 30.6 Å². The summed E-state index contributed by atoms with van der Waals surface area (Å²) in [4.78, 5) is 39.7. The summed E-state index contributed by atoms with van der Waals surface area (Å²) in [7, 11) is 1.13. The summed E-state index contributed by atoms with van der Waals surface area (Å²) < 4.78 is 10.1. The molecule has 1 aromatic rings. The third-order valence-electron chi connectivity index (χ3n) is 4.27. The highest BCUT2D eigenvalue weighted by Gasteiger charge is 2.42. The lowest BCUT2D eigenvalue weighted by atomic mass is 9.80. The van der Waals surface area contributed by atoms with Gasteiger partial charge in [0.2, 0.25) is 5.82 Å². The van der Waals surface area contributed by atoms with E-state index in [4.69, 9.17) is 16.0 Å². The van der Waals surface area contributed by atoms with Gasteiger partial charge < -0.3 is 19.6 Å². The standard InChI is InChI=1S/C20H21N3O6/c1-11(2)10-29-20(25)15-12(3)22-18(21-4)17(19(24)28-5)16(15)13-8-6-7-9-14(13)23(26)27/h6-9,11,16,22H,10H2,1-3,5H3. The highest BCUT2D eigenvalue weighted by Crippen LogP contribution is 2.42. The van der Waals surface area contributed by atoms with E-state index in [1.54, 1.807) is 13.0 Å². The number of para-hydroxylation sites is 1. The first-order chi connectivity index (χ1) is 13.7. The van der Waals surface area contributed by atoms with Gasteiger partial charge in [0.25, 0.3) is 5.69 Å². The number of rotatable bonds is 6. The maximum Gasteiger partial charge on any atom is 0.338 e. The van der Waals surface area contributed by atoms with E-state index in [9.17, 15) is 19.7 Å². The van der Waals surface area contributed by atoms with Crippen molar-refractivity contribution in [3.05, 3.63) is 74.0 Å². The Morgan fingerprint density at radius 2 is 1.93 bits per heavy atom. The largest absolute Gasteiger partial charge is 0.466 e. The monoisotopic (exact) mass is 399 g/mol. The molecule has 0 bridgehead atoms. The minimum Gasteiger partial charge on any atom is -0.466 e. The Labute approximate surface area is 168 Å². The van der Waals surface area contributed by atoms with Crippen molar-refractivity contribution in [3.63, 3.8) is 0 Å². The topological polar surface area (TPSA) is 112 Å². The van der Waals surface area contributed by atoms with Gasteiger partial charge >= 0.3 is 11.9 Å². The molecule has 9 heteroatoms. The second-order valence-electron chi connectivity index (χ2n) is 6.77. The van der Waals surface area contributed by atoms with Crippen molar-refractivity contribution >= 4 is 17.6 Å². The number of methoxy groups -OCH3 is 1. The molecule has 2 rings (SSSR count). The lowest BCUT2D eigenvalue weighted by molar-refractivity contribution is -0.385. The Morgan fingerprint density at radius 1 is 1.28 bits per heavy atom. The number of nitro benzene ring substituents is 1. The lowest BCUT2D eigenvalue weighted by Crippen LogP contribution is -2.32. The predicted molar refractivity (Wildman–Crippen MR) is 103 cm³/mol. The number of benzene rings is 1. The van der Waals surface area contributed by atoms with Gasteiger partial charge in [-0.05, 0) is 12.8 Å². The zero-order chi connectivity index (χ0) is 21.7. The molecule has 1 unspecified atom stereocenters. The van der Waals surface area contributed by atoms with Gasteiger partial charge in [-0.3, -0.25) is 10.1 Å². The summed E-state index contributed by atoms with van der Waals surface area (Å²) in [6, 6.07) is 5.76. The first-order valence-electron chi connectivity index (χ1n) is 8.81. The van der Waals surface area contributed by atoms with Crippen LogP contribution in [0.15, 0.2) is 46.9 Å². The summed E-state index contributed by atoms with van der Waals surface area (Å²) in [5.74, 6) is -2.87. The molecule has 0 aromatic heterocycles. The Kier molecular flexibility index (Phi) is 6.72. The van der Waals surface area contributed by atoms with Crippen LogP contribution in [-0.2, 0) is 19.1 Å². The van der Waals surface area contributed by atoms with Gasteiger partial charge in [-0.25, -0.2) is 9.59 Å². The number of nitro groups is 1. The Hall–Kier alpha value is -3.67. The summed E-state index contributed by atoms with van der Waals surface area (Å²) in [6.45, 7) is 12.8. The molecule has 0 fully saturated rings. The van der Waals surface area contributed by atoms with Crippen LogP contribution in [0, 0.1) is 22.6 Å². The molecule has 1 N–H and O–H groups in total. The van der Waals surface area contributed by atoms with Crippen LogP contribution in [0.25, 0.3) is 4.85 Å². The number of carbonyl (C=O) groups is 2. The summed E-state index contributed by atoms with van der Waals surface area (Å²) in [5.41, 5.74) is -0.0734. The highest BCUT2D eigenvalue weighted by molar-refractivity contribution is 6.00. The van der Waals surface area contributed by atoms with Crippen LogP contribution < -0.4 is 5.32 Å². The number of hydrogen-bond donors (Lipinski definition) is 1. The average molecular weight is 399 g/mol. The van der Waals surface area contributed by atoms with Gasteiger partial charge in [0, 0.05) is 11.6 Å². The third-order valence-corrected chi connectivity index (χ3v) is 4.27. The van der Waals surface area contributed by atoms with Crippen LogP contribution in [0.5, 0.6) is 0 Å². The van der Waals surface area contributed by atoms with Gasteiger partial charge in [0.15, 0.2) is 0 Å². The van der Waals surface area contributed by atoms with Crippen molar-refractivity contribution in [2.45, 2.75) is 26.7 Å². The van der Waals surface area contributed by atoms with Gasteiger partial charge in [-0.1, -0.05) is 38.6 Å². The zero-order valence-corrected chi connectivity index (χ0v) is 16.5. The van der Waals surface area contributed by atoms with Crippen molar-refractivity contribution in [1.29, 1.82) is 0 Å². The highest BCUT2D eigenvalue weighted by atomic mass is 16.6. The molecular weight excluding hydrogens is 378 g/mol. The quantitative estimate of drug-likeness (QED) is 0.339. The van der Waals surface area contributed by atoms with Crippen molar-refractivity contribution in [2.75, 3.05) is 13.7 Å². The molecule has 0 saturated heterocycles. The van der Waals surface area contributed by atoms with Gasteiger partial charge in [0.1, 0.15) is 0 Å². The van der Waals surface area contributed by atoms with E-state index in [1.807, 2.05) is 13.8 Å². The van der Waals surface area contributed by atoms with E-state index in [0.29, 0.717) is 0 Å². The zero-order valence-electron chi connectivity index (χ0n) is 16.5. The van der Waals surface area contributed by atoms with E-state index in [-0.39, 0.29) is 46.4 Å². The summed E-state index contributed by atoms with van der Waals surface area (Å²) >= 11 is 0. The Morgan fingerprint density at radius 3 is 2.48 bits per heavy atom. The molecular formula is C20H21N3O6. The molecule has 1 aliphatic heterocycles. The van der Waals surface area contributed by atoms with Crippen molar-refractivity contribution in [3.8, 4) is 0 Å². The molecule has 1 atom stereocenters. The van der Waals surface area contributed by atoms with Gasteiger partial charge in [-0.2, -0.15) is 0 Å². The van der Waals surface area contributed by atoms with Crippen LogP contribution in [0.2, 0.25) is 0 Å². The molecule has 1 aromatic carbocycles. The SMILES string of the molecule is [C-]#[N+]C1=C(C(=O)OC)C(c2ccccc2[N+](=O)[O-])C(C(=O)OCC(C)C)=C(C)N1. The molecule has 152 valence electrons. The third kappa shape index (κ3) is 4.43. The first kappa shape index (κ1) is 21.6. The van der Waals surface area contributed by atoms with E-state index in [2.05, 4.69) is 10.2 Å². The maximum atomic E-state index is 12.9. The first-order valence-corrected chi connectivity index (χ1v) is 8.81. The number of nitrogens with one attached hydrogen (secondary N) is 1. The van der Waals surface area contributed by atoms with Crippen molar-refractivity contribution < 1.29 is 24.0 Å². The normalized spacial score (nSPS) is 16.2. The van der Waals surface area contributed by atoms with Crippen LogP contribution in [0.4, 0.5) is 5.69 Å². The van der Waals surface area contributed by atoms with Crippen LogP contribution in [0.1, 0.15) is 32.3 Å². The molecule has 0 aliphatic carbocycles. The molecule has 0 radical (unpaired) electrons. The Bertz CT molecular complexity index is 955. The molecule has 1 heterocycles. The number of ether oxygens (including phenoxy) is 2. The molecule has 9 nitrogen and oxygen atoms in total. The minimum absolute atomic E-state index is 0.0211. The van der Waals surface area contributed by atoms with E-state index < -0.39 is 22.8 Å². The number of hydrogen-bond acceptors (Lipinski definition) is 7. The molecule has 29 heavy (non-hydrogen) atoms. The fourth-order valence-corrected chi connectivity index (χ4v) is 3.02. The van der Waals surface area contributed by atoms with Crippen molar-refractivity contribution in [1.82, 2.24) is 5.32 Å². The fraction of sp³-hybridized carbons (Fsp3) is 0.350. The summed E-state index contributed by atoms with van der Waals surface area (Å²) in [6.07, 6.45) is 0. The molecule has 0 saturated carbocycles. The van der Waals surface area contributed by atoms with Crippen LogP contribution in [0.3, 0.4) is 0 Å². The second-order valence-corrected chi connectivity index (χ2v) is 6.77. The minimum atomic E-state index is -1.19.